The summed E-state index contributed by atoms with van der Waals surface area (Å²) in [5, 5.41) is 2.01. The van der Waals surface area contributed by atoms with Crippen molar-refractivity contribution in [3.8, 4) is 0 Å². The molecule has 0 radical (unpaired) electrons. The van der Waals surface area contributed by atoms with E-state index in [1.807, 2.05) is 41.9 Å². The Balaban J connectivity index is 0.00000507. The number of methoxy groups -OCH3 is 2. The van der Waals surface area contributed by atoms with Gasteiger partial charge in [0.1, 0.15) is 19.3 Å². The Morgan fingerprint density at radius 1 is 1.08 bits per heavy atom. The molecule has 2 aromatic heterocycles. The van der Waals surface area contributed by atoms with Crippen LogP contribution in [0.1, 0.15) is 65.4 Å². The molecule has 0 aliphatic rings. The number of Topliss-reactive ketones (excluding diaryl/α,β-unsaturated/α-hetero) is 1. The molecule has 9 heteroatoms. The normalized spacial score (nSPS) is 11.1. The van der Waals surface area contributed by atoms with Crippen molar-refractivity contribution in [2.24, 2.45) is 0 Å². The van der Waals surface area contributed by atoms with E-state index in [1.54, 1.807) is 30.4 Å². The van der Waals surface area contributed by atoms with Crippen LogP contribution in [0.25, 0.3) is 6.08 Å². The average Bonchev–Trinajstić information content (AvgIpc) is 3.53. The number of carbonyl (C=O) groups is 3. The minimum Gasteiger partial charge on any atom is -1.00 e. The first-order valence-electron chi connectivity index (χ1n) is 12.5. The van der Waals surface area contributed by atoms with E-state index < -0.39 is 0 Å². The number of ketones is 1. The average molecular weight is 604 g/mol. The molecule has 0 saturated carbocycles. The summed E-state index contributed by atoms with van der Waals surface area (Å²) in [6, 6.07) is 11.4. The summed E-state index contributed by atoms with van der Waals surface area (Å²) in [4.78, 5) is 37.5. The van der Waals surface area contributed by atoms with Crippen LogP contribution in [0.15, 0.2) is 53.5 Å². The summed E-state index contributed by atoms with van der Waals surface area (Å²) < 4.78 is 14.0. The van der Waals surface area contributed by atoms with Gasteiger partial charge in [0.15, 0.2) is 11.5 Å². The van der Waals surface area contributed by atoms with E-state index in [-0.39, 0.29) is 41.1 Å². The Bertz CT molecular complexity index is 1250. The number of ether oxygens (including phenoxy) is 2. The van der Waals surface area contributed by atoms with Gasteiger partial charge < -0.3 is 26.5 Å². The summed E-state index contributed by atoms with van der Waals surface area (Å²) in [5.74, 6) is 0.465. The summed E-state index contributed by atoms with van der Waals surface area (Å²) in [6.45, 7) is 4.79. The molecule has 0 N–H and O–H groups in total. The van der Waals surface area contributed by atoms with Gasteiger partial charge in [0.2, 0.25) is 0 Å². The minimum absolute atomic E-state index is 0. The minimum atomic E-state index is -0.375. The molecule has 0 spiro atoms. The Labute approximate surface area is 238 Å². The second kappa shape index (κ2) is 15.4. The third kappa shape index (κ3) is 8.49. The second-order valence-corrected chi connectivity index (χ2v) is 9.88. The number of aromatic nitrogens is 2. The van der Waals surface area contributed by atoms with Crippen molar-refractivity contribution in [3.63, 3.8) is 0 Å². The highest BCUT2D eigenvalue weighted by Gasteiger charge is 2.24. The molecular weight excluding hydrogens is 568 g/mol. The number of benzene rings is 1. The fourth-order valence-corrected chi connectivity index (χ4v) is 4.86. The van der Waals surface area contributed by atoms with Crippen molar-refractivity contribution in [1.82, 2.24) is 4.57 Å². The number of esters is 2. The van der Waals surface area contributed by atoms with E-state index in [1.165, 1.54) is 14.2 Å². The molecule has 7 nitrogen and oxygen atoms in total. The molecule has 0 fully saturated rings. The standard InChI is InChI=1S/C29H35N2O5S.BrH/c1-5-6-9-27-30(15-14-28(33)35-3)20-25(17-24(21(2)32)18-26-8-7-16-37-26)31(27)19-22-10-12-23(13-11-22)29(34)36-4;/h7-8,10-13,16-17,20H,5-6,9,14-15,18-19H2,1-4H3;1H/q+1;/p-1/b24-17+;. The second-order valence-electron chi connectivity index (χ2n) is 8.85. The van der Waals surface area contributed by atoms with E-state index in [4.69, 9.17) is 9.47 Å². The van der Waals surface area contributed by atoms with Crippen LogP contribution in [0, 0.1) is 0 Å². The highest BCUT2D eigenvalue weighted by molar-refractivity contribution is 7.09. The van der Waals surface area contributed by atoms with E-state index in [0.29, 0.717) is 25.1 Å². The Morgan fingerprint density at radius 3 is 2.39 bits per heavy atom. The zero-order valence-corrected chi connectivity index (χ0v) is 24.8. The number of imidazole rings is 1. The molecule has 38 heavy (non-hydrogen) atoms. The topological polar surface area (TPSA) is 78.5 Å². The molecule has 0 aliphatic carbocycles. The molecule has 3 rings (SSSR count). The number of rotatable bonds is 13. The molecule has 0 aliphatic heterocycles. The van der Waals surface area contributed by atoms with Crippen LogP contribution in [-0.2, 0) is 45.0 Å². The number of halogens is 1. The summed E-state index contributed by atoms with van der Waals surface area (Å²) >= 11 is 1.63. The molecule has 0 bridgehead atoms. The van der Waals surface area contributed by atoms with Crippen LogP contribution >= 0.6 is 11.3 Å². The lowest BCUT2D eigenvalue weighted by Crippen LogP contribution is -3.00. The number of unbranched alkanes of at least 4 members (excludes halogenated alkanes) is 1. The maximum atomic E-state index is 12.6. The van der Waals surface area contributed by atoms with Gasteiger partial charge in [-0.1, -0.05) is 31.5 Å². The lowest BCUT2D eigenvalue weighted by Gasteiger charge is -2.08. The number of hydrogen-bond acceptors (Lipinski definition) is 6. The first kappa shape index (κ1) is 31.2. The van der Waals surface area contributed by atoms with Gasteiger partial charge in [-0.3, -0.25) is 9.59 Å². The predicted octanol–water partition coefficient (Wildman–Crippen LogP) is 1.80. The number of nitrogens with zero attached hydrogens (tertiary/aromatic N) is 2. The van der Waals surface area contributed by atoms with Crippen LogP contribution < -0.4 is 21.5 Å². The predicted molar refractivity (Wildman–Crippen MR) is 143 cm³/mol. The number of carbonyl (C=O) groups excluding carboxylic acids is 3. The van der Waals surface area contributed by atoms with Crippen LogP contribution in [-0.4, -0.2) is 36.5 Å². The fourth-order valence-electron chi connectivity index (χ4n) is 4.13. The van der Waals surface area contributed by atoms with Gasteiger partial charge in [0.05, 0.1) is 26.2 Å². The molecule has 3 aromatic rings. The number of aryl methyl sites for hydroxylation is 1. The quantitative estimate of drug-likeness (QED) is 0.169. The number of thiophene rings is 1. The van der Waals surface area contributed by atoms with Crippen molar-refractivity contribution < 1.29 is 45.4 Å². The lowest BCUT2D eigenvalue weighted by atomic mass is 10.1. The van der Waals surface area contributed by atoms with E-state index in [2.05, 4.69) is 16.1 Å². The number of hydrogen-bond donors (Lipinski definition) is 0. The van der Waals surface area contributed by atoms with E-state index in [0.717, 1.165) is 46.8 Å². The maximum Gasteiger partial charge on any atom is 0.337 e. The third-order valence-corrected chi connectivity index (χ3v) is 7.09. The Morgan fingerprint density at radius 2 is 1.82 bits per heavy atom. The first-order valence-corrected chi connectivity index (χ1v) is 13.3. The van der Waals surface area contributed by atoms with Crippen molar-refractivity contribution in [3.05, 3.63) is 81.1 Å². The van der Waals surface area contributed by atoms with Gasteiger partial charge in [-0.2, -0.15) is 0 Å². The van der Waals surface area contributed by atoms with Gasteiger partial charge >= 0.3 is 11.9 Å². The Kier molecular flexibility index (Phi) is 12.6. The van der Waals surface area contributed by atoms with Gasteiger partial charge in [0.25, 0.3) is 5.82 Å². The molecule has 0 unspecified atom stereocenters. The van der Waals surface area contributed by atoms with Gasteiger partial charge in [0, 0.05) is 23.3 Å². The molecule has 204 valence electrons. The number of allylic oxidation sites excluding steroid dienone is 1. The van der Waals surface area contributed by atoms with Crippen molar-refractivity contribution in [2.75, 3.05) is 14.2 Å². The molecule has 1 aromatic carbocycles. The van der Waals surface area contributed by atoms with Gasteiger partial charge in [-0.05, 0) is 48.6 Å². The Hall–Kier alpha value is -3.04. The lowest BCUT2D eigenvalue weighted by molar-refractivity contribution is -0.702. The van der Waals surface area contributed by atoms with Gasteiger partial charge in [-0.15, -0.1) is 11.3 Å². The smallest absolute Gasteiger partial charge is 0.337 e. The summed E-state index contributed by atoms with van der Waals surface area (Å²) in [5.41, 5.74) is 3.13. The molecule has 0 amide bonds. The zero-order valence-electron chi connectivity index (χ0n) is 22.4. The van der Waals surface area contributed by atoms with E-state index in [9.17, 15) is 14.4 Å². The monoisotopic (exact) mass is 602 g/mol. The van der Waals surface area contributed by atoms with Crippen molar-refractivity contribution in [2.45, 2.75) is 59.0 Å². The molecule has 0 saturated heterocycles. The van der Waals surface area contributed by atoms with Crippen LogP contribution in [0.2, 0.25) is 0 Å². The van der Waals surface area contributed by atoms with Gasteiger partial charge in [-0.25, -0.2) is 13.9 Å². The molecular formula is C29H35BrN2O5S. The first-order chi connectivity index (χ1) is 17.9. The maximum absolute atomic E-state index is 12.6. The molecule has 2 heterocycles. The highest BCUT2D eigenvalue weighted by atomic mass is 79.9. The summed E-state index contributed by atoms with van der Waals surface area (Å²) in [7, 11) is 2.76. The summed E-state index contributed by atoms with van der Waals surface area (Å²) in [6.07, 6.45) is 7.66. The fraction of sp³-hybridized carbons (Fsp3) is 0.379. The SMILES string of the molecule is CCCCc1n(Cc2ccc(C(=O)OC)cc2)c(/C=C(\Cc2cccs2)C(C)=O)c[n+]1CCC(=O)OC.[Br-]. The largest absolute Gasteiger partial charge is 1.00 e. The zero-order chi connectivity index (χ0) is 26.8. The molecule has 0 atom stereocenters. The highest BCUT2D eigenvalue weighted by Crippen LogP contribution is 2.20. The third-order valence-electron chi connectivity index (χ3n) is 6.22. The van der Waals surface area contributed by atoms with Crippen molar-refractivity contribution >= 4 is 35.1 Å². The van der Waals surface area contributed by atoms with Crippen LogP contribution in [0.4, 0.5) is 0 Å². The van der Waals surface area contributed by atoms with Crippen LogP contribution in [0.5, 0.6) is 0 Å². The van der Waals surface area contributed by atoms with Crippen LogP contribution in [0.3, 0.4) is 0 Å². The van der Waals surface area contributed by atoms with E-state index >= 15 is 0 Å². The van der Waals surface area contributed by atoms with Crippen molar-refractivity contribution in [1.29, 1.82) is 0 Å².